The molecular weight excluding hydrogens is 236 g/mol. The zero-order chi connectivity index (χ0) is 14.5. The van der Waals surface area contributed by atoms with Crippen LogP contribution in [-0.4, -0.2) is 28.9 Å². The van der Waals surface area contributed by atoms with E-state index in [0.717, 1.165) is 0 Å². The lowest BCUT2D eigenvalue weighted by Crippen LogP contribution is -2.44. The van der Waals surface area contributed by atoms with Crippen LogP contribution in [0.25, 0.3) is 0 Å². The molecule has 0 aliphatic heterocycles. The first-order chi connectivity index (χ1) is 8.04. The van der Waals surface area contributed by atoms with Crippen LogP contribution < -0.4 is 11.1 Å². The number of rotatable bonds is 6. The fraction of sp³-hybridized carbons (Fsp3) is 0.750. The molecule has 0 spiro atoms. The molecule has 2 atom stereocenters. The molecule has 0 rings (SSSR count). The van der Waals surface area contributed by atoms with Crippen molar-refractivity contribution in [1.29, 1.82) is 0 Å². The highest BCUT2D eigenvalue weighted by molar-refractivity contribution is 5.88. The molecule has 0 saturated heterocycles. The minimum atomic E-state index is -1.26. The molecule has 0 fully saturated rings. The number of carboxylic acid groups (broad SMARTS) is 1. The Labute approximate surface area is 107 Å². The van der Waals surface area contributed by atoms with Crippen LogP contribution in [0.2, 0.25) is 0 Å². The molecule has 4 N–H and O–H groups in total. The number of hydrogen-bond donors (Lipinski definition) is 3. The fourth-order valence-electron chi connectivity index (χ4n) is 1.24. The first-order valence-corrected chi connectivity index (χ1v) is 5.84. The van der Waals surface area contributed by atoms with Crippen molar-refractivity contribution in [3.63, 3.8) is 0 Å². The van der Waals surface area contributed by atoms with Crippen LogP contribution in [-0.2, 0) is 14.4 Å². The Bertz CT molecular complexity index is 333. The van der Waals surface area contributed by atoms with Gasteiger partial charge in [0, 0.05) is 6.42 Å². The van der Waals surface area contributed by atoms with E-state index in [9.17, 15) is 14.4 Å². The maximum Gasteiger partial charge on any atom is 0.326 e. The molecule has 104 valence electrons. The third-order valence-corrected chi connectivity index (χ3v) is 3.01. The fourth-order valence-corrected chi connectivity index (χ4v) is 1.24. The molecule has 0 aliphatic carbocycles. The SMILES string of the molecule is CC(CC(=O)N[C@@H](CC(N)=O)C(=O)O)C(C)(C)C. The summed E-state index contributed by atoms with van der Waals surface area (Å²) in [5.41, 5.74) is 4.88. The van der Waals surface area contributed by atoms with E-state index in [1.807, 2.05) is 27.7 Å². The lowest BCUT2D eigenvalue weighted by Gasteiger charge is -2.27. The van der Waals surface area contributed by atoms with Crippen molar-refractivity contribution < 1.29 is 19.5 Å². The first kappa shape index (κ1) is 16.4. The Morgan fingerprint density at radius 3 is 2.06 bits per heavy atom. The molecule has 0 bridgehead atoms. The summed E-state index contributed by atoms with van der Waals surface area (Å²) < 4.78 is 0. The van der Waals surface area contributed by atoms with Gasteiger partial charge in [0.15, 0.2) is 0 Å². The quantitative estimate of drug-likeness (QED) is 0.644. The van der Waals surface area contributed by atoms with Crippen molar-refractivity contribution >= 4 is 17.8 Å². The molecule has 0 aromatic rings. The summed E-state index contributed by atoms with van der Waals surface area (Å²) in [6.45, 7) is 7.93. The van der Waals surface area contributed by atoms with Crippen LogP contribution in [0.3, 0.4) is 0 Å². The largest absolute Gasteiger partial charge is 0.480 e. The van der Waals surface area contributed by atoms with Crippen LogP contribution in [0.4, 0.5) is 0 Å². The van der Waals surface area contributed by atoms with E-state index in [0.29, 0.717) is 0 Å². The van der Waals surface area contributed by atoms with Gasteiger partial charge >= 0.3 is 5.97 Å². The molecular formula is C12H22N2O4. The van der Waals surface area contributed by atoms with E-state index in [4.69, 9.17) is 10.8 Å². The third kappa shape index (κ3) is 6.22. The van der Waals surface area contributed by atoms with Gasteiger partial charge in [0.05, 0.1) is 6.42 Å². The Balaban J connectivity index is 4.44. The zero-order valence-corrected chi connectivity index (χ0v) is 11.3. The number of carboxylic acids is 1. The Morgan fingerprint density at radius 1 is 1.22 bits per heavy atom. The lowest BCUT2D eigenvalue weighted by molar-refractivity contribution is -0.143. The van der Waals surface area contributed by atoms with Gasteiger partial charge < -0.3 is 16.2 Å². The zero-order valence-electron chi connectivity index (χ0n) is 11.3. The number of carbonyl (C=O) groups excluding carboxylic acids is 2. The van der Waals surface area contributed by atoms with E-state index in [-0.39, 0.29) is 23.7 Å². The van der Waals surface area contributed by atoms with Gasteiger partial charge in [-0.05, 0) is 11.3 Å². The average molecular weight is 258 g/mol. The summed E-state index contributed by atoms with van der Waals surface area (Å²) in [5.74, 6) is -2.30. The maximum atomic E-state index is 11.7. The van der Waals surface area contributed by atoms with Crippen LogP contribution in [0, 0.1) is 11.3 Å². The van der Waals surface area contributed by atoms with Gasteiger partial charge in [0.1, 0.15) is 6.04 Å². The van der Waals surface area contributed by atoms with Gasteiger partial charge in [-0.15, -0.1) is 0 Å². The normalized spacial score (nSPS) is 14.7. The predicted octanol–water partition coefficient (Wildman–Crippen LogP) is 0.503. The first-order valence-electron chi connectivity index (χ1n) is 5.84. The molecule has 6 nitrogen and oxygen atoms in total. The van der Waals surface area contributed by atoms with Gasteiger partial charge in [0.2, 0.25) is 11.8 Å². The number of carbonyl (C=O) groups is 3. The van der Waals surface area contributed by atoms with Crippen LogP contribution in [0.15, 0.2) is 0 Å². The summed E-state index contributed by atoms with van der Waals surface area (Å²) in [7, 11) is 0. The number of nitrogens with one attached hydrogen (secondary N) is 1. The number of nitrogens with two attached hydrogens (primary N) is 1. The molecule has 1 unspecified atom stereocenters. The Morgan fingerprint density at radius 2 is 1.72 bits per heavy atom. The van der Waals surface area contributed by atoms with E-state index < -0.39 is 24.3 Å². The van der Waals surface area contributed by atoms with Gasteiger partial charge in [-0.3, -0.25) is 9.59 Å². The molecule has 0 aromatic carbocycles. The summed E-state index contributed by atoms with van der Waals surface area (Å²) in [6, 6.07) is -1.25. The highest BCUT2D eigenvalue weighted by Gasteiger charge is 2.26. The lowest BCUT2D eigenvalue weighted by atomic mass is 9.80. The third-order valence-electron chi connectivity index (χ3n) is 3.01. The second-order valence-corrected chi connectivity index (χ2v) is 5.60. The topological polar surface area (TPSA) is 109 Å². The number of hydrogen-bond acceptors (Lipinski definition) is 3. The van der Waals surface area contributed by atoms with Crippen molar-refractivity contribution in [2.45, 2.75) is 46.6 Å². The van der Waals surface area contributed by atoms with Gasteiger partial charge in [-0.2, -0.15) is 0 Å². The van der Waals surface area contributed by atoms with E-state index in [1.165, 1.54) is 0 Å². The summed E-state index contributed by atoms with van der Waals surface area (Å²) >= 11 is 0. The highest BCUT2D eigenvalue weighted by Crippen LogP contribution is 2.27. The van der Waals surface area contributed by atoms with Crippen LogP contribution >= 0.6 is 0 Å². The average Bonchev–Trinajstić information content (AvgIpc) is 2.13. The minimum Gasteiger partial charge on any atom is -0.480 e. The highest BCUT2D eigenvalue weighted by atomic mass is 16.4. The van der Waals surface area contributed by atoms with Crippen LogP contribution in [0.5, 0.6) is 0 Å². The van der Waals surface area contributed by atoms with Crippen molar-refractivity contribution in [3.8, 4) is 0 Å². The van der Waals surface area contributed by atoms with Gasteiger partial charge in [-0.25, -0.2) is 4.79 Å². The van der Waals surface area contributed by atoms with Crippen LogP contribution in [0.1, 0.15) is 40.5 Å². The number of primary amides is 1. The van der Waals surface area contributed by atoms with Crippen molar-refractivity contribution in [2.24, 2.45) is 17.1 Å². The molecule has 18 heavy (non-hydrogen) atoms. The van der Waals surface area contributed by atoms with E-state index in [2.05, 4.69) is 5.32 Å². The monoisotopic (exact) mass is 258 g/mol. The molecule has 0 radical (unpaired) electrons. The van der Waals surface area contributed by atoms with Gasteiger partial charge in [0.25, 0.3) is 0 Å². The molecule has 0 saturated carbocycles. The molecule has 6 heteroatoms. The number of amides is 2. The van der Waals surface area contributed by atoms with Crippen molar-refractivity contribution in [3.05, 3.63) is 0 Å². The molecule has 0 heterocycles. The number of aliphatic carboxylic acids is 1. The van der Waals surface area contributed by atoms with E-state index in [1.54, 1.807) is 0 Å². The summed E-state index contributed by atoms with van der Waals surface area (Å²) in [5, 5.41) is 11.2. The second-order valence-electron chi connectivity index (χ2n) is 5.60. The standard InChI is InChI=1S/C12H22N2O4/c1-7(12(2,3)4)5-10(16)14-8(11(17)18)6-9(13)15/h7-8H,5-6H2,1-4H3,(H2,13,15)(H,14,16)(H,17,18)/t7?,8-/m0/s1. The second kappa shape index (κ2) is 6.37. The van der Waals surface area contributed by atoms with Gasteiger partial charge in [-0.1, -0.05) is 27.7 Å². The van der Waals surface area contributed by atoms with Crippen molar-refractivity contribution in [2.75, 3.05) is 0 Å². The Kier molecular flexibility index (Phi) is 5.81. The molecule has 0 aromatic heterocycles. The predicted molar refractivity (Wildman–Crippen MR) is 66.6 cm³/mol. The molecule has 2 amide bonds. The maximum absolute atomic E-state index is 11.7. The summed E-state index contributed by atoms with van der Waals surface area (Å²) in [6.07, 6.45) is -0.184. The smallest absolute Gasteiger partial charge is 0.326 e. The van der Waals surface area contributed by atoms with E-state index >= 15 is 0 Å². The summed E-state index contributed by atoms with van der Waals surface area (Å²) in [4.78, 5) is 33.2. The van der Waals surface area contributed by atoms with Crippen molar-refractivity contribution in [1.82, 2.24) is 5.32 Å². The minimum absolute atomic E-state index is 0.0419. The molecule has 0 aliphatic rings. The Hall–Kier alpha value is -1.59.